The van der Waals surface area contributed by atoms with Crippen LogP contribution in [0.25, 0.3) is 10.9 Å². The molecule has 4 aromatic rings. The molecule has 4 N–H and O–H groups in total. The number of ether oxygens (including phenoxy) is 1. The Hall–Kier alpha value is -4.70. The third kappa shape index (κ3) is 7.42. The zero-order valence-electron chi connectivity index (χ0n) is 20.9. The van der Waals surface area contributed by atoms with Gasteiger partial charge in [0, 0.05) is 29.7 Å². The minimum atomic E-state index is -0.643. The monoisotopic (exact) mass is 549 g/mol. The molecule has 0 atom stereocenters. The van der Waals surface area contributed by atoms with Gasteiger partial charge < -0.3 is 25.8 Å². The summed E-state index contributed by atoms with van der Waals surface area (Å²) >= 11 is 6.42. The van der Waals surface area contributed by atoms with Gasteiger partial charge in [-0.25, -0.2) is 14.4 Å². The van der Waals surface area contributed by atoms with Gasteiger partial charge in [-0.3, -0.25) is 9.59 Å². The standard InChI is InChI=1S/C28H25ClFN5O4/c1-2-24(36)28(38)31-11-10-26(37)34-19-6-8-23-21(13-19)27(33-16-32-23)35-20-7-9-25(22(29)14-20)39-15-17-4-3-5-18(30)12-17/h2-9,12-14,16,36H,10-11,15H2,1H3,(H,31,38)(H,34,37)(H,32,33,35). The van der Waals surface area contributed by atoms with Gasteiger partial charge >= 0.3 is 0 Å². The van der Waals surface area contributed by atoms with E-state index in [0.29, 0.717) is 44.4 Å². The lowest BCUT2D eigenvalue weighted by atomic mass is 10.2. The number of nitrogens with one attached hydrogen (secondary N) is 3. The SMILES string of the molecule is CC=C(O)C(=O)NCCC(=O)Nc1ccc2ncnc(Nc3ccc(OCc4cccc(F)c4)c(Cl)c3)c2c1. The maximum atomic E-state index is 13.4. The number of benzene rings is 3. The van der Waals surface area contributed by atoms with Crippen LogP contribution in [0.15, 0.2) is 78.8 Å². The predicted molar refractivity (Wildman–Crippen MR) is 148 cm³/mol. The van der Waals surface area contributed by atoms with Crippen LogP contribution in [0.1, 0.15) is 18.9 Å². The molecule has 0 aliphatic rings. The second-order valence-electron chi connectivity index (χ2n) is 8.37. The molecule has 0 aliphatic carbocycles. The minimum absolute atomic E-state index is 0.0172. The van der Waals surface area contributed by atoms with Crippen LogP contribution in [0.4, 0.5) is 21.6 Å². The number of carbonyl (C=O) groups excluding carboxylic acids is 2. The van der Waals surface area contributed by atoms with Crippen molar-refractivity contribution in [1.29, 1.82) is 0 Å². The number of aliphatic hydroxyl groups is 1. The van der Waals surface area contributed by atoms with E-state index in [4.69, 9.17) is 16.3 Å². The van der Waals surface area contributed by atoms with Crippen LogP contribution in [-0.2, 0) is 16.2 Å². The summed E-state index contributed by atoms with van der Waals surface area (Å²) in [5.74, 6) is -0.763. The van der Waals surface area contributed by atoms with Crippen LogP contribution in [0, 0.1) is 5.82 Å². The molecule has 0 fully saturated rings. The van der Waals surface area contributed by atoms with E-state index in [1.165, 1.54) is 31.5 Å². The number of amides is 2. The lowest BCUT2D eigenvalue weighted by Crippen LogP contribution is -2.28. The van der Waals surface area contributed by atoms with E-state index in [1.54, 1.807) is 48.5 Å². The molecule has 200 valence electrons. The molecule has 0 aliphatic heterocycles. The van der Waals surface area contributed by atoms with Gasteiger partial charge in [0.15, 0.2) is 5.76 Å². The average Bonchev–Trinajstić information content (AvgIpc) is 2.92. The fraction of sp³-hybridized carbons (Fsp3) is 0.143. The third-order valence-corrected chi connectivity index (χ3v) is 5.84. The van der Waals surface area contributed by atoms with Gasteiger partial charge in [-0.15, -0.1) is 0 Å². The zero-order valence-corrected chi connectivity index (χ0v) is 21.6. The van der Waals surface area contributed by atoms with Crippen molar-refractivity contribution in [2.24, 2.45) is 0 Å². The van der Waals surface area contributed by atoms with Crippen LogP contribution < -0.4 is 20.7 Å². The number of aromatic nitrogens is 2. The molecular formula is C28H25ClFN5O4. The summed E-state index contributed by atoms with van der Waals surface area (Å²) in [5.41, 5.74) is 2.50. The third-order valence-electron chi connectivity index (χ3n) is 5.54. The van der Waals surface area contributed by atoms with E-state index >= 15 is 0 Å². The summed E-state index contributed by atoms with van der Waals surface area (Å²) in [7, 11) is 0. The van der Waals surface area contributed by atoms with Crippen molar-refractivity contribution >= 4 is 51.5 Å². The van der Waals surface area contributed by atoms with Gasteiger partial charge in [-0.05, 0) is 67.1 Å². The molecule has 3 aromatic carbocycles. The number of carbonyl (C=O) groups is 2. The number of nitrogens with zero attached hydrogens (tertiary/aromatic N) is 2. The molecule has 1 heterocycles. The number of hydrogen-bond acceptors (Lipinski definition) is 7. The number of allylic oxidation sites excluding steroid dienone is 1. The van der Waals surface area contributed by atoms with Gasteiger partial charge in [-0.2, -0.15) is 0 Å². The van der Waals surface area contributed by atoms with Crippen LogP contribution in [0.2, 0.25) is 5.02 Å². The second kappa shape index (κ2) is 12.7. The summed E-state index contributed by atoms with van der Waals surface area (Å²) in [4.78, 5) is 32.5. The largest absolute Gasteiger partial charge is 0.503 e. The molecule has 2 amide bonds. The van der Waals surface area contributed by atoms with E-state index in [0.717, 1.165) is 0 Å². The number of aliphatic hydroxyl groups excluding tert-OH is 1. The first-order valence-electron chi connectivity index (χ1n) is 11.9. The maximum Gasteiger partial charge on any atom is 0.285 e. The van der Waals surface area contributed by atoms with E-state index in [-0.39, 0.29) is 31.3 Å². The van der Waals surface area contributed by atoms with Crippen molar-refractivity contribution in [2.45, 2.75) is 20.0 Å². The first kappa shape index (κ1) is 27.3. The van der Waals surface area contributed by atoms with Gasteiger partial charge in [-0.1, -0.05) is 23.7 Å². The minimum Gasteiger partial charge on any atom is -0.503 e. The van der Waals surface area contributed by atoms with Crippen LogP contribution in [0.5, 0.6) is 5.75 Å². The lowest BCUT2D eigenvalue weighted by Gasteiger charge is -2.13. The molecule has 0 saturated heterocycles. The highest BCUT2D eigenvalue weighted by Crippen LogP contribution is 2.31. The highest BCUT2D eigenvalue weighted by atomic mass is 35.5. The normalized spacial score (nSPS) is 11.2. The van der Waals surface area contributed by atoms with Crippen molar-refractivity contribution in [3.8, 4) is 5.75 Å². The first-order chi connectivity index (χ1) is 18.8. The summed E-state index contributed by atoms with van der Waals surface area (Å²) in [6, 6.07) is 16.5. The highest BCUT2D eigenvalue weighted by Gasteiger charge is 2.11. The molecule has 1 aromatic heterocycles. The molecule has 0 saturated carbocycles. The van der Waals surface area contributed by atoms with E-state index < -0.39 is 11.7 Å². The Balaban J connectivity index is 1.42. The van der Waals surface area contributed by atoms with Gasteiger partial charge in [0.05, 0.1) is 10.5 Å². The van der Waals surface area contributed by atoms with Gasteiger partial charge in [0.1, 0.15) is 30.3 Å². The Morgan fingerprint density at radius 2 is 1.90 bits per heavy atom. The fourth-order valence-corrected chi connectivity index (χ4v) is 3.82. The number of hydrogen-bond donors (Lipinski definition) is 4. The second-order valence-corrected chi connectivity index (χ2v) is 8.78. The molecule has 9 nitrogen and oxygen atoms in total. The van der Waals surface area contributed by atoms with Crippen molar-refractivity contribution < 1.29 is 23.8 Å². The first-order valence-corrected chi connectivity index (χ1v) is 12.3. The van der Waals surface area contributed by atoms with E-state index in [1.807, 2.05) is 0 Å². The molecule has 0 unspecified atom stereocenters. The summed E-state index contributed by atoms with van der Waals surface area (Å²) in [5, 5.41) is 18.8. The topological polar surface area (TPSA) is 125 Å². The van der Waals surface area contributed by atoms with Crippen LogP contribution >= 0.6 is 11.6 Å². The van der Waals surface area contributed by atoms with Crippen molar-refractivity contribution in [3.63, 3.8) is 0 Å². The fourth-order valence-electron chi connectivity index (χ4n) is 3.59. The summed E-state index contributed by atoms with van der Waals surface area (Å²) < 4.78 is 19.1. The molecular weight excluding hydrogens is 525 g/mol. The van der Waals surface area contributed by atoms with Gasteiger partial charge in [0.2, 0.25) is 5.91 Å². The number of rotatable bonds is 10. The quantitative estimate of drug-likeness (QED) is 0.149. The zero-order chi connectivity index (χ0) is 27.8. The predicted octanol–water partition coefficient (Wildman–Crippen LogP) is 5.65. The Labute approximate surface area is 228 Å². The van der Waals surface area contributed by atoms with Crippen molar-refractivity contribution in [3.05, 3.63) is 95.2 Å². The van der Waals surface area contributed by atoms with Gasteiger partial charge in [0.25, 0.3) is 5.91 Å². The summed E-state index contributed by atoms with van der Waals surface area (Å²) in [6.45, 7) is 1.76. The average molecular weight is 550 g/mol. The van der Waals surface area contributed by atoms with Crippen LogP contribution in [-0.4, -0.2) is 33.4 Å². The number of halogens is 2. The Bertz CT molecular complexity index is 1550. The van der Waals surface area contributed by atoms with Crippen molar-refractivity contribution in [1.82, 2.24) is 15.3 Å². The van der Waals surface area contributed by atoms with E-state index in [2.05, 4.69) is 25.9 Å². The highest BCUT2D eigenvalue weighted by molar-refractivity contribution is 6.32. The maximum absolute atomic E-state index is 13.4. The Kier molecular flexibility index (Phi) is 8.90. The Morgan fingerprint density at radius 1 is 1.08 bits per heavy atom. The van der Waals surface area contributed by atoms with Crippen LogP contribution in [0.3, 0.4) is 0 Å². The summed E-state index contributed by atoms with van der Waals surface area (Å²) in [6.07, 6.45) is 2.71. The molecule has 39 heavy (non-hydrogen) atoms. The van der Waals surface area contributed by atoms with E-state index in [9.17, 15) is 19.1 Å². The van der Waals surface area contributed by atoms with Crippen molar-refractivity contribution in [2.75, 3.05) is 17.2 Å². The Morgan fingerprint density at radius 3 is 2.67 bits per heavy atom. The molecule has 0 spiro atoms. The lowest BCUT2D eigenvalue weighted by molar-refractivity contribution is -0.120. The number of fused-ring (bicyclic) bond motifs is 1. The molecule has 11 heteroatoms. The molecule has 0 bridgehead atoms. The molecule has 4 rings (SSSR count). The smallest absolute Gasteiger partial charge is 0.285 e. The molecule has 0 radical (unpaired) electrons. The number of anilines is 3.